The van der Waals surface area contributed by atoms with Crippen LogP contribution >= 0.6 is 0 Å². The predicted octanol–water partition coefficient (Wildman–Crippen LogP) is 8.42. The van der Waals surface area contributed by atoms with E-state index in [9.17, 15) is 0 Å². The molecule has 1 heterocycles. The number of hydrogen-bond donors (Lipinski definition) is 0. The first kappa shape index (κ1) is 24.7. The van der Waals surface area contributed by atoms with Gasteiger partial charge in [0.25, 0.3) is 0 Å². The molecule has 0 aliphatic heterocycles. The van der Waals surface area contributed by atoms with Crippen LogP contribution in [0.5, 0.6) is 5.75 Å². The second kappa shape index (κ2) is 14.3. The average Bonchev–Trinajstić information content (AvgIpc) is 2.84. The lowest BCUT2D eigenvalue weighted by molar-refractivity contribution is 0.249. The van der Waals surface area contributed by atoms with Crippen molar-refractivity contribution in [3.05, 3.63) is 42.2 Å². The summed E-state index contributed by atoms with van der Waals surface area (Å²) in [7, 11) is 0. The zero-order chi connectivity index (χ0) is 22.4. The Kier molecular flexibility index (Phi) is 11.0. The first-order chi connectivity index (χ1) is 15.8. The van der Waals surface area contributed by atoms with E-state index in [-0.39, 0.29) is 0 Å². The molecule has 0 spiro atoms. The number of aromatic nitrogens is 2. The number of nitrogens with zero attached hydrogens (tertiary/aromatic N) is 2. The highest BCUT2D eigenvalue weighted by Crippen LogP contribution is 2.34. The predicted molar refractivity (Wildman–Crippen MR) is 135 cm³/mol. The van der Waals surface area contributed by atoms with Gasteiger partial charge in [0, 0.05) is 5.56 Å². The minimum Gasteiger partial charge on any atom is -0.490 e. The topological polar surface area (TPSA) is 35.0 Å². The first-order valence-electron chi connectivity index (χ1n) is 13.3. The van der Waals surface area contributed by atoms with E-state index in [1.165, 1.54) is 89.0 Å². The van der Waals surface area contributed by atoms with Gasteiger partial charge in [0.1, 0.15) is 0 Å². The van der Waals surface area contributed by atoms with E-state index >= 15 is 0 Å². The minimum absolute atomic E-state index is 0.748. The van der Waals surface area contributed by atoms with Crippen molar-refractivity contribution in [1.29, 1.82) is 0 Å². The van der Waals surface area contributed by atoms with Crippen molar-refractivity contribution in [3.63, 3.8) is 0 Å². The summed E-state index contributed by atoms with van der Waals surface area (Å²) in [5.41, 5.74) is 2.52. The molecule has 0 radical (unpaired) electrons. The largest absolute Gasteiger partial charge is 0.490 e. The highest BCUT2D eigenvalue weighted by molar-refractivity contribution is 5.55. The van der Waals surface area contributed by atoms with Gasteiger partial charge in [0.05, 0.1) is 19.0 Å². The van der Waals surface area contributed by atoms with Crippen molar-refractivity contribution in [1.82, 2.24) is 9.97 Å². The van der Waals surface area contributed by atoms with Crippen molar-refractivity contribution in [2.24, 2.45) is 11.8 Å². The normalized spacial score (nSPS) is 18.6. The Morgan fingerprint density at radius 3 is 2.03 bits per heavy atom. The van der Waals surface area contributed by atoms with Crippen LogP contribution in [0.4, 0.5) is 0 Å². The molecule has 2 aromatic rings. The highest BCUT2D eigenvalue weighted by atomic mass is 16.5. The molecule has 1 saturated carbocycles. The summed E-state index contributed by atoms with van der Waals surface area (Å²) in [6.07, 6.45) is 22.4. The molecule has 0 bridgehead atoms. The van der Waals surface area contributed by atoms with E-state index in [0.29, 0.717) is 0 Å². The van der Waals surface area contributed by atoms with Gasteiger partial charge in [-0.3, -0.25) is 0 Å². The van der Waals surface area contributed by atoms with Gasteiger partial charge in [0.2, 0.25) is 0 Å². The summed E-state index contributed by atoms with van der Waals surface area (Å²) >= 11 is 0. The molecule has 176 valence electrons. The Labute approximate surface area is 196 Å². The van der Waals surface area contributed by atoms with Gasteiger partial charge in [-0.25, -0.2) is 9.97 Å². The average molecular weight is 437 g/mol. The van der Waals surface area contributed by atoms with Gasteiger partial charge < -0.3 is 4.74 Å². The van der Waals surface area contributed by atoms with Crippen LogP contribution in [0, 0.1) is 11.8 Å². The second-order valence-corrected chi connectivity index (χ2v) is 9.77. The lowest BCUT2D eigenvalue weighted by Gasteiger charge is -2.28. The number of hydrogen-bond acceptors (Lipinski definition) is 3. The molecule has 1 aromatic carbocycles. The Balaban J connectivity index is 1.38. The third-order valence-electron chi connectivity index (χ3n) is 7.13. The maximum absolute atomic E-state index is 5.76. The monoisotopic (exact) mass is 436 g/mol. The molecule has 3 rings (SSSR count). The third-order valence-corrected chi connectivity index (χ3v) is 7.13. The molecule has 1 aliphatic carbocycles. The van der Waals surface area contributed by atoms with Crippen LogP contribution in [-0.4, -0.2) is 16.6 Å². The second-order valence-electron chi connectivity index (χ2n) is 9.77. The molecule has 0 saturated heterocycles. The van der Waals surface area contributed by atoms with Crippen molar-refractivity contribution < 1.29 is 4.74 Å². The Hall–Kier alpha value is -1.90. The summed E-state index contributed by atoms with van der Waals surface area (Å²) < 4.78 is 5.76. The SMILES string of the molecule is CCCCCCOc1cnc(-c2ccc(CC[C@H]3CC[C@H](CCCCC)CC3)cc2)nc1. The number of rotatable bonds is 14. The summed E-state index contributed by atoms with van der Waals surface area (Å²) in [4.78, 5) is 9.02. The number of ether oxygens (including phenoxy) is 1. The van der Waals surface area contributed by atoms with Crippen LogP contribution < -0.4 is 4.74 Å². The van der Waals surface area contributed by atoms with Crippen molar-refractivity contribution >= 4 is 0 Å². The van der Waals surface area contributed by atoms with Crippen LogP contribution in [0.15, 0.2) is 36.7 Å². The quantitative estimate of drug-likeness (QED) is 0.279. The zero-order valence-corrected chi connectivity index (χ0v) is 20.5. The van der Waals surface area contributed by atoms with Gasteiger partial charge in [-0.1, -0.05) is 109 Å². The van der Waals surface area contributed by atoms with Crippen LogP contribution in [0.1, 0.15) is 103 Å². The maximum Gasteiger partial charge on any atom is 0.159 e. The van der Waals surface area contributed by atoms with E-state index in [2.05, 4.69) is 48.1 Å². The molecular formula is C29H44N2O. The number of aryl methyl sites for hydroxylation is 1. The van der Waals surface area contributed by atoms with Crippen molar-refractivity contribution in [2.45, 2.75) is 104 Å². The Bertz CT molecular complexity index is 733. The van der Waals surface area contributed by atoms with Crippen LogP contribution in [-0.2, 0) is 6.42 Å². The van der Waals surface area contributed by atoms with Gasteiger partial charge in [-0.15, -0.1) is 0 Å². The van der Waals surface area contributed by atoms with Crippen LogP contribution in [0.25, 0.3) is 11.4 Å². The van der Waals surface area contributed by atoms with Gasteiger partial charge >= 0.3 is 0 Å². The lowest BCUT2D eigenvalue weighted by Crippen LogP contribution is -2.15. The maximum atomic E-state index is 5.76. The van der Waals surface area contributed by atoms with E-state index in [1.807, 2.05) is 0 Å². The molecule has 0 N–H and O–H groups in total. The molecule has 3 heteroatoms. The van der Waals surface area contributed by atoms with Gasteiger partial charge in [-0.05, 0) is 36.7 Å². The highest BCUT2D eigenvalue weighted by Gasteiger charge is 2.20. The molecule has 32 heavy (non-hydrogen) atoms. The molecule has 1 aliphatic rings. The third kappa shape index (κ3) is 8.56. The molecule has 0 unspecified atom stereocenters. The smallest absolute Gasteiger partial charge is 0.159 e. The van der Waals surface area contributed by atoms with E-state index in [4.69, 9.17) is 4.74 Å². The van der Waals surface area contributed by atoms with Crippen LogP contribution in [0.2, 0.25) is 0 Å². The van der Waals surface area contributed by atoms with Crippen molar-refractivity contribution in [2.75, 3.05) is 6.61 Å². The van der Waals surface area contributed by atoms with Gasteiger partial charge in [0.15, 0.2) is 11.6 Å². The fraction of sp³-hybridized carbons (Fsp3) is 0.655. The summed E-state index contributed by atoms with van der Waals surface area (Å²) in [6, 6.07) is 8.85. The molecular weight excluding hydrogens is 392 g/mol. The molecule has 1 fully saturated rings. The van der Waals surface area contributed by atoms with Crippen molar-refractivity contribution in [3.8, 4) is 17.1 Å². The van der Waals surface area contributed by atoms with Gasteiger partial charge in [-0.2, -0.15) is 0 Å². The van der Waals surface area contributed by atoms with E-state index in [1.54, 1.807) is 12.4 Å². The minimum atomic E-state index is 0.748. The van der Waals surface area contributed by atoms with E-state index < -0.39 is 0 Å². The van der Waals surface area contributed by atoms with E-state index in [0.717, 1.165) is 42.0 Å². The Morgan fingerprint density at radius 2 is 1.38 bits per heavy atom. The summed E-state index contributed by atoms with van der Waals surface area (Å²) in [5, 5.41) is 0. The summed E-state index contributed by atoms with van der Waals surface area (Å²) in [5.74, 6) is 3.48. The first-order valence-corrected chi connectivity index (χ1v) is 13.3. The fourth-order valence-corrected chi connectivity index (χ4v) is 4.94. The lowest BCUT2D eigenvalue weighted by atomic mass is 9.78. The standard InChI is InChI=1S/C29H44N2O/c1-3-5-7-9-21-32-28-22-30-29(31-23-28)27-19-17-26(18-20-27)16-15-25-13-11-24(12-14-25)10-8-6-4-2/h17-20,22-25H,3-16,21H2,1-2H3/t24-,25-. The number of unbranched alkanes of at least 4 members (excludes halogenated alkanes) is 5. The zero-order valence-electron chi connectivity index (χ0n) is 20.5. The molecule has 0 amide bonds. The summed E-state index contributed by atoms with van der Waals surface area (Å²) in [6.45, 7) is 5.27. The Morgan fingerprint density at radius 1 is 0.750 bits per heavy atom. The number of benzene rings is 1. The molecule has 0 atom stereocenters. The van der Waals surface area contributed by atoms with Crippen LogP contribution in [0.3, 0.4) is 0 Å². The molecule has 3 nitrogen and oxygen atoms in total. The molecule has 1 aromatic heterocycles. The fourth-order valence-electron chi connectivity index (χ4n) is 4.94.